The number of nitrogens with one attached hydrogen (secondary N) is 2. The van der Waals surface area contributed by atoms with Gasteiger partial charge >= 0.3 is 12.2 Å². The number of hydrogen-bond donors (Lipinski definition) is 2. The number of halogens is 4. The Morgan fingerprint density at radius 2 is 1.71 bits per heavy atom. The lowest BCUT2D eigenvalue weighted by Crippen LogP contribution is -2.47. The first kappa shape index (κ1) is 23.3. The molecule has 4 rings (SSSR count). The fourth-order valence-corrected chi connectivity index (χ4v) is 3.76. The van der Waals surface area contributed by atoms with Crippen molar-refractivity contribution in [2.45, 2.75) is 12.3 Å². The Kier molecular flexibility index (Phi) is 6.30. The van der Waals surface area contributed by atoms with Crippen molar-refractivity contribution in [1.29, 1.82) is 0 Å². The van der Waals surface area contributed by atoms with Gasteiger partial charge in [0.25, 0.3) is 5.91 Å². The predicted octanol–water partition coefficient (Wildman–Crippen LogP) is 5.32. The van der Waals surface area contributed by atoms with Crippen LogP contribution in [-0.4, -0.2) is 30.9 Å². The molecule has 0 saturated carbocycles. The van der Waals surface area contributed by atoms with Gasteiger partial charge in [-0.05, 0) is 24.3 Å². The molecule has 3 aromatic rings. The molecule has 174 valence electrons. The Hall–Kier alpha value is -3.85. The van der Waals surface area contributed by atoms with Gasteiger partial charge in [0.2, 0.25) is 6.17 Å². The van der Waals surface area contributed by atoms with E-state index in [1.165, 1.54) is 18.0 Å². The van der Waals surface area contributed by atoms with Gasteiger partial charge in [0.1, 0.15) is 0 Å². The zero-order valence-electron chi connectivity index (χ0n) is 17.7. The van der Waals surface area contributed by atoms with E-state index in [2.05, 4.69) is 15.6 Å². The molecule has 10 heteroatoms. The Morgan fingerprint density at radius 1 is 1.03 bits per heavy atom. The highest BCUT2D eigenvalue weighted by Crippen LogP contribution is 2.36. The number of urea groups is 1. The summed E-state index contributed by atoms with van der Waals surface area (Å²) in [5.41, 5.74) is 0.812. The van der Waals surface area contributed by atoms with Crippen LogP contribution in [0, 0.1) is 0 Å². The summed E-state index contributed by atoms with van der Waals surface area (Å²) < 4.78 is 40.1. The second-order valence-electron chi connectivity index (χ2n) is 7.45. The molecule has 0 aromatic heterocycles. The Balaban J connectivity index is 1.68. The normalized spacial score (nSPS) is 15.8. The number of likely N-dealkylation sites (N-methyl/N-ethyl adjacent to an activating group) is 1. The number of carbonyl (C=O) groups is 2. The first-order valence-electron chi connectivity index (χ1n) is 10.1. The summed E-state index contributed by atoms with van der Waals surface area (Å²) in [5, 5.41) is 4.41. The number of benzodiazepines with no additional fused rings is 1. The SMILES string of the molecule is CN1C(=O)[C@@H](NC(=O)Nc2ccc(Cl)cc2C(F)(F)F)N=C(c2ccccc2)c2ccccc21. The van der Waals surface area contributed by atoms with E-state index in [4.69, 9.17) is 11.6 Å². The Morgan fingerprint density at radius 3 is 2.41 bits per heavy atom. The summed E-state index contributed by atoms with van der Waals surface area (Å²) in [6.45, 7) is 0. The maximum atomic E-state index is 13.4. The van der Waals surface area contributed by atoms with Gasteiger partial charge in [-0.25, -0.2) is 9.79 Å². The molecule has 1 heterocycles. The van der Waals surface area contributed by atoms with Crippen LogP contribution in [0.1, 0.15) is 16.7 Å². The summed E-state index contributed by atoms with van der Waals surface area (Å²) in [5.74, 6) is -0.555. The molecule has 0 radical (unpaired) electrons. The van der Waals surface area contributed by atoms with Crippen molar-refractivity contribution in [2.75, 3.05) is 17.3 Å². The van der Waals surface area contributed by atoms with Gasteiger partial charge in [-0.3, -0.25) is 4.79 Å². The smallest absolute Gasteiger partial charge is 0.311 e. The maximum Gasteiger partial charge on any atom is 0.418 e. The zero-order valence-corrected chi connectivity index (χ0v) is 18.5. The number of hydrogen-bond acceptors (Lipinski definition) is 3. The minimum Gasteiger partial charge on any atom is -0.311 e. The molecule has 0 bridgehead atoms. The van der Waals surface area contributed by atoms with Crippen LogP contribution in [-0.2, 0) is 11.0 Å². The number of nitrogens with zero attached hydrogens (tertiary/aromatic N) is 2. The van der Waals surface area contributed by atoms with E-state index in [1.807, 2.05) is 30.3 Å². The van der Waals surface area contributed by atoms with Crippen LogP contribution < -0.4 is 15.5 Å². The number of anilines is 2. The molecule has 2 N–H and O–H groups in total. The van der Waals surface area contributed by atoms with Crippen molar-refractivity contribution in [1.82, 2.24) is 5.32 Å². The van der Waals surface area contributed by atoms with Crippen LogP contribution in [0.5, 0.6) is 0 Å². The van der Waals surface area contributed by atoms with Gasteiger partial charge in [0.15, 0.2) is 0 Å². The van der Waals surface area contributed by atoms with Crippen LogP contribution in [0.2, 0.25) is 5.02 Å². The third-order valence-corrected chi connectivity index (χ3v) is 5.43. The molecule has 0 saturated heterocycles. The minimum absolute atomic E-state index is 0.131. The molecule has 0 spiro atoms. The summed E-state index contributed by atoms with van der Waals surface area (Å²) in [7, 11) is 1.54. The number of fused-ring (bicyclic) bond motifs is 1. The van der Waals surface area contributed by atoms with Gasteiger partial charge in [-0.15, -0.1) is 0 Å². The summed E-state index contributed by atoms with van der Waals surface area (Å²) in [6.07, 6.45) is -6.12. The second kappa shape index (κ2) is 9.18. The standard InChI is InChI=1S/C24H18ClF3N4O2/c1-32-19-10-6-5-9-16(19)20(14-7-3-2-4-8-14)30-21(22(32)33)31-23(34)29-18-12-11-15(25)13-17(18)24(26,27)28/h2-13,21H,1H3,(H2,29,31,34)/t21-/m1/s1. The molecule has 34 heavy (non-hydrogen) atoms. The molecular formula is C24H18ClF3N4O2. The molecular weight excluding hydrogens is 469 g/mol. The first-order valence-corrected chi connectivity index (χ1v) is 10.5. The number of alkyl halides is 3. The van der Waals surface area contributed by atoms with Crippen LogP contribution in [0.15, 0.2) is 77.8 Å². The van der Waals surface area contributed by atoms with Crippen molar-refractivity contribution in [2.24, 2.45) is 4.99 Å². The number of amides is 3. The molecule has 1 atom stereocenters. The molecule has 0 unspecified atom stereocenters. The quantitative estimate of drug-likeness (QED) is 0.526. The third kappa shape index (κ3) is 4.74. The topological polar surface area (TPSA) is 73.8 Å². The van der Waals surface area contributed by atoms with E-state index < -0.39 is 35.5 Å². The van der Waals surface area contributed by atoms with Crippen molar-refractivity contribution >= 4 is 40.6 Å². The molecule has 3 aromatic carbocycles. The lowest BCUT2D eigenvalue weighted by Gasteiger charge is -2.21. The van der Waals surface area contributed by atoms with E-state index in [9.17, 15) is 22.8 Å². The fraction of sp³-hybridized carbons (Fsp3) is 0.125. The monoisotopic (exact) mass is 486 g/mol. The fourth-order valence-electron chi connectivity index (χ4n) is 3.59. The molecule has 1 aliphatic heterocycles. The summed E-state index contributed by atoms with van der Waals surface area (Å²) in [6, 6.07) is 18.1. The predicted molar refractivity (Wildman–Crippen MR) is 124 cm³/mol. The summed E-state index contributed by atoms with van der Waals surface area (Å²) >= 11 is 5.69. The van der Waals surface area contributed by atoms with Crippen LogP contribution in [0.3, 0.4) is 0 Å². The van der Waals surface area contributed by atoms with Crippen LogP contribution in [0.4, 0.5) is 29.3 Å². The van der Waals surface area contributed by atoms with Crippen molar-refractivity contribution < 1.29 is 22.8 Å². The average molecular weight is 487 g/mol. The van der Waals surface area contributed by atoms with Gasteiger partial charge in [-0.2, -0.15) is 13.2 Å². The largest absolute Gasteiger partial charge is 0.418 e. The second-order valence-corrected chi connectivity index (χ2v) is 7.88. The lowest BCUT2D eigenvalue weighted by molar-refractivity contribution is -0.137. The Bertz CT molecular complexity index is 1280. The van der Waals surface area contributed by atoms with Crippen molar-refractivity contribution in [3.05, 3.63) is 94.5 Å². The zero-order chi connectivity index (χ0) is 24.5. The number of para-hydroxylation sites is 1. The third-order valence-electron chi connectivity index (χ3n) is 5.19. The maximum absolute atomic E-state index is 13.4. The van der Waals surface area contributed by atoms with E-state index >= 15 is 0 Å². The highest BCUT2D eigenvalue weighted by Gasteiger charge is 2.35. The number of benzene rings is 3. The van der Waals surface area contributed by atoms with Gasteiger partial charge < -0.3 is 15.5 Å². The molecule has 0 fully saturated rings. The molecule has 6 nitrogen and oxygen atoms in total. The lowest BCUT2D eigenvalue weighted by atomic mass is 10.0. The minimum atomic E-state index is -4.74. The molecule has 0 aliphatic carbocycles. The van der Waals surface area contributed by atoms with Crippen molar-refractivity contribution in [3.8, 4) is 0 Å². The number of rotatable bonds is 3. The van der Waals surface area contributed by atoms with Gasteiger partial charge in [0, 0.05) is 23.2 Å². The van der Waals surface area contributed by atoms with E-state index in [0.717, 1.165) is 6.07 Å². The highest BCUT2D eigenvalue weighted by molar-refractivity contribution is 6.30. The van der Waals surface area contributed by atoms with E-state index in [0.29, 0.717) is 28.6 Å². The molecule has 3 amide bonds. The van der Waals surface area contributed by atoms with Crippen LogP contribution >= 0.6 is 11.6 Å². The van der Waals surface area contributed by atoms with Gasteiger partial charge in [-0.1, -0.05) is 60.1 Å². The van der Waals surface area contributed by atoms with E-state index in [-0.39, 0.29) is 5.02 Å². The van der Waals surface area contributed by atoms with Crippen molar-refractivity contribution in [3.63, 3.8) is 0 Å². The molecule has 1 aliphatic rings. The average Bonchev–Trinajstić information content (AvgIpc) is 2.91. The first-order chi connectivity index (χ1) is 16.1. The van der Waals surface area contributed by atoms with E-state index in [1.54, 1.807) is 24.3 Å². The highest BCUT2D eigenvalue weighted by atomic mass is 35.5. The number of aliphatic imine (C=N–C) groups is 1. The van der Waals surface area contributed by atoms with Crippen LogP contribution in [0.25, 0.3) is 0 Å². The Labute approximate surface area is 198 Å². The van der Waals surface area contributed by atoms with Gasteiger partial charge in [0.05, 0.1) is 22.6 Å². The summed E-state index contributed by atoms with van der Waals surface area (Å²) in [4.78, 5) is 31.6. The number of carbonyl (C=O) groups excluding carboxylic acids is 2.